The minimum absolute atomic E-state index is 0.0321. The topological polar surface area (TPSA) is 134 Å². The third-order valence-electron chi connectivity index (χ3n) is 6.27. The van der Waals surface area contributed by atoms with Crippen LogP contribution in [0.25, 0.3) is 12.2 Å². The Balaban J connectivity index is 1.42. The molecule has 1 aliphatic rings. The van der Waals surface area contributed by atoms with Gasteiger partial charge in [-0.3, -0.25) is 9.36 Å². The number of nitrogens with one attached hydrogen (secondary N) is 1. The third kappa shape index (κ3) is 9.05. The summed E-state index contributed by atoms with van der Waals surface area (Å²) in [6, 6.07) is 10.7. The number of carbonyl (C=O) groups excluding carboxylic acids is 1. The second-order valence-electron chi connectivity index (χ2n) is 9.09. The maximum absolute atomic E-state index is 12.5. The van der Waals surface area contributed by atoms with E-state index in [1.165, 1.54) is 0 Å². The summed E-state index contributed by atoms with van der Waals surface area (Å²) in [5.41, 5.74) is 2.22. The predicted molar refractivity (Wildman–Crippen MR) is 148 cm³/mol. The number of phosphoric acid groups is 1. The molecule has 0 bridgehead atoms. The molecule has 0 aromatic heterocycles. The molecule has 4 atom stereocenters. The summed E-state index contributed by atoms with van der Waals surface area (Å²) in [5.74, 6) is 1.35. The van der Waals surface area contributed by atoms with E-state index in [9.17, 15) is 14.3 Å². The molecule has 0 aliphatic carbocycles. The average molecular weight is 579 g/mol. The molecule has 2 aromatic carbocycles. The molecular weight excluding hydrogens is 541 g/mol. The van der Waals surface area contributed by atoms with Gasteiger partial charge >= 0.3 is 0 Å². The van der Waals surface area contributed by atoms with Crippen molar-refractivity contribution in [2.75, 3.05) is 48.2 Å². The summed E-state index contributed by atoms with van der Waals surface area (Å²) in [4.78, 5) is 24.5. The number of rotatable bonds is 15. The van der Waals surface area contributed by atoms with Crippen molar-refractivity contribution in [3.8, 4) is 17.2 Å². The quantitative estimate of drug-likeness (QED) is 0.189. The van der Waals surface area contributed by atoms with Crippen LogP contribution in [0.4, 0.5) is 0 Å². The molecule has 0 radical (unpaired) electrons. The van der Waals surface area contributed by atoms with E-state index >= 15 is 0 Å². The molecule has 1 aliphatic heterocycles. The number of ether oxygens (including phenoxy) is 5. The van der Waals surface area contributed by atoms with Crippen LogP contribution in [0.2, 0.25) is 0 Å². The molecule has 1 amide bonds. The van der Waals surface area contributed by atoms with E-state index in [1.807, 2.05) is 43.3 Å². The molecule has 1 N–H and O–H groups in total. The Kier molecular flexibility index (Phi) is 12.0. The van der Waals surface area contributed by atoms with Crippen molar-refractivity contribution in [1.29, 1.82) is 0 Å². The van der Waals surface area contributed by atoms with Crippen LogP contribution in [-0.4, -0.2) is 72.4 Å². The summed E-state index contributed by atoms with van der Waals surface area (Å²) >= 11 is 0. The van der Waals surface area contributed by atoms with Crippen molar-refractivity contribution >= 4 is 25.9 Å². The first-order valence-corrected chi connectivity index (χ1v) is 14.3. The summed E-state index contributed by atoms with van der Waals surface area (Å²) in [6.07, 6.45) is 4.03. The largest absolute Gasteiger partial charge is 0.756 e. The second-order valence-corrected chi connectivity index (χ2v) is 10.5. The first-order chi connectivity index (χ1) is 19.2. The predicted octanol–water partition coefficient (Wildman–Crippen LogP) is 3.70. The maximum atomic E-state index is 12.5. The smallest absolute Gasteiger partial charge is 0.267 e. The van der Waals surface area contributed by atoms with Crippen molar-refractivity contribution in [3.63, 3.8) is 0 Å². The SMILES string of the molecule is COc1cc(/C=C/c2ccc(C(=O)NCCCOP(=O)([O-])OCC3OC(C)CC3OC)cc2)cc(OC)c1OC. The first-order valence-electron chi connectivity index (χ1n) is 12.8. The summed E-state index contributed by atoms with van der Waals surface area (Å²) < 4.78 is 48.9. The zero-order valence-electron chi connectivity index (χ0n) is 23.4. The summed E-state index contributed by atoms with van der Waals surface area (Å²) in [7, 11) is 1.72. The molecule has 0 spiro atoms. The minimum Gasteiger partial charge on any atom is -0.756 e. The highest BCUT2D eigenvalue weighted by Gasteiger charge is 2.34. The van der Waals surface area contributed by atoms with Crippen LogP contribution in [-0.2, 0) is 23.1 Å². The number of amides is 1. The van der Waals surface area contributed by atoms with Crippen molar-refractivity contribution in [2.45, 2.75) is 38.1 Å². The molecule has 2 aromatic rings. The van der Waals surface area contributed by atoms with Crippen LogP contribution < -0.4 is 24.4 Å². The number of methoxy groups -OCH3 is 4. The van der Waals surface area contributed by atoms with E-state index in [0.717, 1.165) is 11.1 Å². The van der Waals surface area contributed by atoms with Gasteiger partial charge in [0.1, 0.15) is 6.10 Å². The fourth-order valence-electron chi connectivity index (χ4n) is 4.21. The molecule has 12 heteroatoms. The summed E-state index contributed by atoms with van der Waals surface area (Å²) in [6.45, 7) is 1.82. The Bertz CT molecular complexity index is 1160. The van der Waals surface area contributed by atoms with Gasteiger partial charge in [0, 0.05) is 25.6 Å². The van der Waals surface area contributed by atoms with Gasteiger partial charge < -0.3 is 42.9 Å². The van der Waals surface area contributed by atoms with Crippen molar-refractivity contribution in [1.82, 2.24) is 5.32 Å². The molecule has 0 saturated carbocycles. The first kappa shape index (κ1) is 31.6. The van der Waals surface area contributed by atoms with Gasteiger partial charge in [0.05, 0.1) is 46.8 Å². The van der Waals surface area contributed by atoms with Crippen LogP contribution >= 0.6 is 7.82 Å². The number of phosphoric ester groups is 1. The van der Waals surface area contributed by atoms with Crippen LogP contribution in [0.5, 0.6) is 17.2 Å². The molecule has 4 unspecified atom stereocenters. The van der Waals surface area contributed by atoms with E-state index in [2.05, 4.69) is 5.32 Å². The zero-order valence-corrected chi connectivity index (χ0v) is 24.3. The lowest BCUT2D eigenvalue weighted by molar-refractivity contribution is -0.228. The normalized spacial score (nSPS) is 20.3. The van der Waals surface area contributed by atoms with E-state index in [0.29, 0.717) is 29.2 Å². The lowest BCUT2D eigenvalue weighted by Crippen LogP contribution is -2.29. The van der Waals surface area contributed by atoms with Crippen LogP contribution in [0.15, 0.2) is 36.4 Å². The molecule has 3 rings (SSSR count). The van der Waals surface area contributed by atoms with Gasteiger partial charge in [0.15, 0.2) is 11.5 Å². The number of hydrogen-bond donors (Lipinski definition) is 1. The van der Waals surface area contributed by atoms with Crippen molar-refractivity contribution in [3.05, 3.63) is 53.1 Å². The van der Waals surface area contributed by atoms with Crippen LogP contribution in [0.3, 0.4) is 0 Å². The summed E-state index contributed by atoms with van der Waals surface area (Å²) in [5, 5.41) is 2.75. The van der Waals surface area contributed by atoms with E-state index in [-0.39, 0.29) is 44.3 Å². The van der Waals surface area contributed by atoms with Crippen LogP contribution in [0.1, 0.15) is 41.3 Å². The number of benzene rings is 2. The molecule has 1 fully saturated rings. The van der Waals surface area contributed by atoms with Gasteiger partial charge in [0.2, 0.25) is 5.75 Å². The average Bonchev–Trinajstić information content (AvgIpc) is 3.33. The third-order valence-corrected chi connectivity index (χ3v) is 7.23. The molecule has 40 heavy (non-hydrogen) atoms. The Morgan fingerprint density at radius 1 is 1.02 bits per heavy atom. The van der Waals surface area contributed by atoms with Gasteiger partial charge in [-0.25, -0.2) is 0 Å². The highest BCUT2D eigenvalue weighted by molar-refractivity contribution is 7.45. The van der Waals surface area contributed by atoms with Gasteiger partial charge in [0.25, 0.3) is 13.7 Å². The number of hydrogen-bond acceptors (Lipinski definition) is 10. The molecule has 220 valence electrons. The Morgan fingerprint density at radius 2 is 1.68 bits per heavy atom. The zero-order chi connectivity index (χ0) is 29.1. The highest BCUT2D eigenvalue weighted by Crippen LogP contribution is 2.40. The fourth-order valence-corrected chi connectivity index (χ4v) is 4.96. The number of carbonyl (C=O) groups is 1. The lowest BCUT2D eigenvalue weighted by Gasteiger charge is -2.25. The van der Waals surface area contributed by atoms with E-state index in [1.54, 1.807) is 40.6 Å². The Hall–Kier alpha value is -2.92. The van der Waals surface area contributed by atoms with Gasteiger partial charge in [-0.05, 0) is 48.7 Å². The van der Waals surface area contributed by atoms with Crippen molar-refractivity contribution in [2.24, 2.45) is 0 Å². The second kappa shape index (κ2) is 15.2. The fraction of sp³-hybridized carbons (Fsp3) is 0.464. The highest BCUT2D eigenvalue weighted by atomic mass is 31.2. The monoisotopic (exact) mass is 578 g/mol. The van der Waals surface area contributed by atoms with Gasteiger partial charge in [-0.15, -0.1) is 0 Å². The molecular formula is C28H37NO10P-. The minimum atomic E-state index is -4.50. The lowest BCUT2D eigenvalue weighted by atomic mass is 10.1. The van der Waals surface area contributed by atoms with E-state index in [4.69, 9.17) is 32.7 Å². The molecule has 1 heterocycles. The molecule has 11 nitrogen and oxygen atoms in total. The van der Waals surface area contributed by atoms with Gasteiger partial charge in [-0.2, -0.15) is 0 Å². The van der Waals surface area contributed by atoms with Gasteiger partial charge in [-0.1, -0.05) is 24.3 Å². The molecule has 1 saturated heterocycles. The standard InChI is InChI=1S/C28H38NO10P/c1-19-15-23(33-2)26(39-19)18-38-40(31,32)37-14-6-13-29-28(30)22-11-9-20(10-12-22)7-8-21-16-24(34-3)27(36-5)25(17-21)35-4/h7-12,16-17,19,23,26H,6,13-15,18H2,1-5H3,(H,29,30)(H,31,32)/p-1/b8-7+. The Labute approximate surface area is 234 Å². The van der Waals surface area contributed by atoms with Crippen LogP contribution in [0, 0.1) is 0 Å². The Morgan fingerprint density at radius 3 is 2.27 bits per heavy atom. The van der Waals surface area contributed by atoms with Crippen molar-refractivity contribution < 1.29 is 47.0 Å². The maximum Gasteiger partial charge on any atom is 0.267 e. The van der Waals surface area contributed by atoms with E-state index < -0.39 is 13.9 Å².